The first-order valence-corrected chi connectivity index (χ1v) is 8.39. The summed E-state index contributed by atoms with van der Waals surface area (Å²) < 4.78 is 1.24. The second kappa shape index (κ2) is 6.99. The van der Waals surface area contributed by atoms with E-state index >= 15 is 0 Å². The number of hydrogen-bond acceptors (Lipinski definition) is 3. The topological polar surface area (TPSA) is 49.8 Å². The lowest BCUT2D eigenvalue weighted by atomic mass is 10.3. The predicted molar refractivity (Wildman–Crippen MR) is 104 cm³/mol. The molecule has 0 aliphatic carbocycles. The Labute approximate surface area is 157 Å². The lowest BCUT2D eigenvalue weighted by Crippen LogP contribution is -2.17. The van der Waals surface area contributed by atoms with Crippen LogP contribution in [-0.4, -0.2) is 15.1 Å². The van der Waals surface area contributed by atoms with Crippen LogP contribution in [0.5, 0.6) is 0 Å². The van der Waals surface area contributed by atoms with Crippen molar-refractivity contribution in [2.75, 3.05) is 5.32 Å². The highest BCUT2D eigenvalue weighted by atomic mass is 35.5. The summed E-state index contributed by atoms with van der Waals surface area (Å²) in [6, 6.07) is 12.4. The zero-order valence-electron chi connectivity index (χ0n) is 12.0. The molecule has 0 radical (unpaired) electrons. The normalized spacial score (nSPS) is 10.6. The van der Waals surface area contributed by atoms with Crippen molar-refractivity contribution in [3.05, 3.63) is 73.4 Å². The van der Waals surface area contributed by atoms with Crippen molar-refractivity contribution < 1.29 is 0 Å². The number of hydrogen-bond donors (Lipinski definition) is 2. The third kappa shape index (κ3) is 3.21. The van der Waals surface area contributed by atoms with Gasteiger partial charge in [0.05, 0.1) is 15.6 Å². The van der Waals surface area contributed by atoms with Gasteiger partial charge in [0.2, 0.25) is 0 Å². The molecule has 122 valence electrons. The molecule has 1 aromatic heterocycles. The summed E-state index contributed by atoms with van der Waals surface area (Å²) in [6.45, 7) is 0. The van der Waals surface area contributed by atoms with Gasteiger partial charge in [-0.1, -0.05) is 65.2 Å². The molecule has 0 bridgehead atoms. The second-order valence-electron chi connectivity index (χ2n) is 4.87. The number of rotatable bonds is 4. The standard InChI is InChI=1S/C16H10Cl3N3OS/c17-9-6-12(18)14(13(19)7-9)22-16(23)11(8-24)15(21-22)20-10-4-2-1-3-5-10/h1-8,20-21H. The van der Waals surface area contributed by atoms with Crippen molar-refractivity contribution in [3.63, 3.8) is 0 Å². The summed E-state index contributed by atoms with van der Waals surface area (Å²) in [5.41, 5.74) is 1.05. The van der Waals surface area contributed by atoms with Crippen LogP contribution in [0.3, 0.4) is 0 Å². The molecule has 0 unspecified atom stereocenters. The van der Waals surface area contributed by atoms with Gasteiger partial charge >= 0.3 is 0 Å². The van der Waals surface area contributed by atoms with Gasteiger partial charge in [-0.2, -0.15) is 0 Å². The molecule has 2 N–H and O–H groups in total. The largest absolute Gasteiger partial charge is 0.340 e. The van der Waals surface area contributed by atoms with Crippen molar-refractivity contribution in [3.8, 4) is 5.69 Å². The number of nitrogens with zero attached hydrogens (tertiary/aromatic N) is 1. The van der Waals surface area contributed by atoms with E-state index in [-0.39, 0.29) is 15.6 Å². The Balaban J connectivity index is 2.15. The number of halogens is 3. The summed E-state index contributed by atoms with van der Waals surface area (Å²) in [6.07, 6.45) is 0. The van der Waals surface area contributed by atoms with E-state index in [1.54, 1.807) is 0 Å². The fraction of sp³-hybridized carbons (Fsp3) is 0. The van der Waals surface area contributed by atoms with E-state index in [2.05, 4.69) is 10.4 Å². The number of aromatic nitrogens is 2. The molecule has 4 nitrogen and oxygen atoms in total. The monoisotopic (exact) mass is 397 g/mol. The van der Waals surface area contributed by atoms with E-state index in [9.17, 15) is 4.79 Å². The summed E-state index contributed by atoms with van der Waals surface area (Å²) in [4.78, 5) is 12.6. The van der Waals surface area contributed by atoms with Crippen LogP contribution in [-0.2, 0) is 0 Å². The van der Waals surface area contributed by atoms with Crippen molar-refractivity contribution in [2.45, 2.75) is 0 Å². The number of anilines is 2. The first-order chi connectivity index (χ1) is 11.5. The van der Waals surface area contributed by atoms with E-state index in [0.29, 0.717) is 22.1 Å². The Bertz CT molecular complexity index is 943. The number of H-pyrrole nitrogens is 1. The van der Waals surface area contributed by atoms with E-state index in [0.717, 1.165) is 5.69 Å². The highest BCUT2D eigenvalue weighted by molar-refractivity contribution is 7.79. The Morgan fingerprint density at radius 3 is 2.29 bits per heavy atom. The first kappa shape index (κ1) is 17.0. The lowest BCUT2D eigenvalue weighted by molar-refractivity contribution is 0.853. The smallest absolute Gasteiger partial charge is 0.281 e. The maximum atomic E-state index is 12.6. The molecule has 0 amide bonds. The fourth-order valence-corrected chi connectivity index (χ4v) is 3.43. The van der Waals surface area contributed by atoms with Crippen molar-refractivity contribution in [2.24, 2.45) is 0 Å². The molecule has 0 aliphatic heterocycles. The summed E-state index contributed by atoms with van der Waals surface area (Å²) in [5.74, 6) is 0.447. The molecule has 2 aromatic carbocycles. The number of thiocarbonyl (C=S) groups is 1. The Kier molecular flexibility index (Phi) is 4.96. The van der Waals surface area contributed by atoms with E-state index in [1.165, 1.54) is 22.2 Å². The molecule has 24 heavy (non-hydrogen) atoms. The lowest BCUT2D eigenvalue weighted by Gasteiger charge is -2.08. The minimum atomic E-state index is -0.366. The molecule has 0 atom stereocenters. The van der Waals surface area contributed by atoms with E-state index < -0.39 is 0 Å². The molecule has 3 aromatic rings. The van der Waals surface area contributed by atoms with Crippen LogP contribution < -0.4 is 10.9 Å². The molecule has 0 fully saturated rings. The van der Waals surface area contributed by atoms with Gasteiger partial charge < -0.3 is 5.32 Å². The molecule has 0 spiro atoms. The van der Waals surface area contributed by atoms with Crippen LogP contribution in [0.1, 0.15) is 5.56 Å². The average Bonchev–Trinajstić information content (AvgIpc) is 2.83. The van der Waals surface area contributed by atoms with Crippen LogP contribution in [0.4, 0.5) is 11.5 Å². The molecule has 1 heterocycles. The highest BCUT2D eigenvalue weighted by Gasteiger charge is 2.18. The third-order valence-corrected chi connectivity index (χ3v) is 4.32. The number of benzene rings is 2. The maximum absolute atomic E-state index is 12.6. The molecular weight excluding hydrogens is 389 g/mol. The molecule has 8 heteroatoms. The van der Waals surface area contributed by atoms with Gasteiger partial charge in [0.15, 0.2) is 0 Å². The molecular formula is C16H10Cl3N3OS. The SMILES string of the molecule is O=c1c(C=S)c(Nc2ccccc2)[nH]n1-c1c(Cl)cc(Cl)cc1Cl. The fourth-order valence-electron chi connectivity index (χ4n) is 2.23. The van der Waals surface area contributed by atoms with Gasteiger partial charge in [0, 0.05) is 16.1 Å². The first-order valence-electron chi connectivity index (χ1n) is 6.78. The molecule has 0 saturated carbocycles. The van der Waals surface area contributed by atoms with Gasteiger partial charge in [-0.15, -0.1) is 0 Å². The van der Waals surface area contributed by atoms with Gasteiger partial charge in [-0.3, -0.25) is 9.89 Å². The average molecular weight is 399 g/mol. The van der Waals surface area contributed by atoms with E-state index in [1.807, 2.05) is 30.3 Å². The van der Waals surface area contributed by atoms with Gasteiger partial charge in [-0.05, 0) is 24.3 Å². The Morgan fingerprint density at radius 1 is 1.08 bits per heavy atom. The predicted octanol–water partition coefficient (Wildman–Crippen LogP) is 5.22. The van der Waals surface area contributed by atoms with Crippen LogP contribution in [0.2, 0.25) is 15.1 Å². The summed E-state index contributed by atoms with van der Waals surface area (Å²) in [5, 5.41) is 8.25. The number of nitrogens with one attached hydrogen (secondary N) is 2. The molecule has 0 saturated heterocycles. The van der Waals surface area contributed by atoms with Gasteiger partial charge in [0.1, 0.15) is 11.5 Å². The van der Waals surface area contributed by atoms with Crippen LogP contribution >= 0.6 is 47.0 Å². The minimum Gasteiger partial charge on any atom is -0.340 e. The van der Waals surface area contributed by atoms with Gasteiger partial charge in [0.25, 0.3) is 5.56 Å². The minimum absolute atomic E-state index is 0.248. The number of aromatic amines is 1. The zero-order chi connectivity index (χ0) is 17.3. The summed E-state index contributed by atoms with van der Waals surface area (Å²) >= 11 is 23.3. The van der Waals surface area contributed by atoms with Crippen LogP contribution in [0.15, 0.2) is 47.3 Å². The van der Waals surface area contributed by atoms with Crippen molar-refractivity contribution in [1.29, 1.82) is 0 Å². The molecule has 0 aliphatic rings. The zero-order valence-corrected chi connectivity index (χ0v) is 15.1. The highest BCUT2D eigenvalue weighted by Crippen LogP contribution is 2.31. The van der Waals surface area contributed by atoms with E-state index in [4.69, 9.17) is 47.0 Å². The van der Waals surface area contributed by atoms with Crippen LogP contribution in [0, 0.1) is 0 Å². The van der Waals surface area contributed by atoms with Crippen LogP contribution in [0.25, 0.3) is 5.69 Å². The van der Waals surface area contributed by atoms with Crippen molar-refractivity contribution in [1.82, 2.24) is 9.78 Å². The maximum Gasteiger partial charge on any atom is 0.281 e. The third-order valence-electron chi connectivity index (χ3n) is 3.29. The number of para-hydroxylation sites is 1. The molecule has 3 rings (SSSR count). The second-order valence-corrected chi connectivity index (χ2v) is 6.35. The Hall–Kier alpha value is -1.79. The quantitative estimate of drug-likeness (QED) is 0.593. The van der Waals surface area contributed by atoms with Crippen molar-refractivity contribution >= 4 is 63.9 Å². The summed E-state index contributed by atoms with van der Waals surface area (Å²) in [7, 11) is 0. The van der Waals surface area contributed by atoms with Gasteiger partial charge in [-0.25, -0.2) is 4.68 Å². The Morgan fingerprint density at radius 2 is 1.71 bits per heavy atom.